The van der Waals surface area contributed by atoms with Gasteiger partial charge in [-0.3, -0.25) is 10.1 Å². The third kappa shape index (κ3) is 6.81. The lowest BCUT2D eigenvalue weighted by atomic mass is 9.93. The number of likely N-dealkylation sites (tertiary alicyclic amines) is 1. The fourth-order valence-corrected chi connectivity index (χ4v) is 4.03. The van der Waals surface area contributed by atoms with Crippen LogP contribution in [0.5, 0.6) is 0 Å². The van der Waals surface area contributed by atoms with Gasteiger partial charge in [-0.1, -0.05) is 60.7 Å². The van der Waals surface area contributed by atoms with Crippen LogP contribution in [0.2, 0.25) is 0 Å². The summed E-state index contributed by atoms with van der Waals surface area (Å²) in [5.74, 6) is -3.88. The van der Waals surface area contributed by atoms with E-state index < -0.39 is 48.1 Å². The van der Waals surface area contributed by atoms with E-state index in [9.17, 15) is 32.3 Å². The van der Waals surface area contributed by atoms with Gasteiger partial charge in [0.05, 0.1) is 13.5 Å². The minimum Gasteiger partial charge on any atom is -0.467 e. The predicted octanol–water partition coefficient (Wildman–Crippen LogP) is 3.51. The second kappa shape index (κ2) is 12.4. The van der Waals surface area contributed by atoms with Gasteiger partial charge < -0.3 is 19.1 Å². The number of methoxy groups -OCH3 is 1. The lowest BCUT2D eigenvalue weighted by Crippen LogP contribution is -2.66. The number of rotatable bonds is 9. The number of nitrogens with one attached hydrogen (secondary N) is 1. The van der Waals surface area contributed by atoms with Crippen LogP contribution in [0.1, 0.15) is 30.4 Å². The van der Waals surface area contributed by atoms with Gasteiger partial charge in [0.2, 0.25) is 11.4 Å². The molecule has 12 heteroatoms. The maximum Gasteiger partial charge on any atom is 0.423 e. The van der Waals surface area contributed by atoms with Crippen molar-refractivity contribution >= 4 is 23.9 Å². The number of nitrogens with zero attached hydrogens (tertiary/aromatic N) is 1. The number of carbonyl (C=O) groups excluding carboxylic acids is 4. The van der Waals surface area contributed by atoms with Crippen molar-refractivity contribution < 1.29 is 46.6 Å². The molecular formula is C26H27F3N2O7. The third-order valence-electron chi connectivity index (χ3n) is 6.03. The van der Waals surface area contributed by atoms with Gasteiger partial charge in [-0.25, -0.2) is 14.4 Å². The quantitative estimate of drug-likeness (QED) is 0.386. The number of benzene rings is 2. The number of carbonyl (C=O) groups is 4. The molecule has 1 aliphatic rings. The normalized spacial score (nSPS) is 16.7. The maximum atomic E-state index is 14.3. The zero-order chi connectivity index (χ0) is 27.8. The summed E-state index contributed by atoms with van der Waals surface area (Å²) in [6.45, 7) is -0.490. The van der Waals surface area contributed by atoms with Crippen LogP contribution in [0.15, 0.2) is 60.7 Å². The van der Waals surface area contributed by atoms with E-state index in [2.05, 4.69) is 4.74 Å². The Kier molecular flexibility index (Phi) is 9.32. The summed E-state index contributed by atoms with van der Waals surface area (Å²) in [5, 5.41) is 1.51. The summed E-state index contributed by atoms with van der Waals surface area (Å²) >= 11 is 0. The first-order valence-corrected chi connectivity index (χ1v) is 11.7. The standard InChI is InChI=1S/C26H27F3N2O7/c1-36-23(34)25(26(27,28)29,30-24(35)38-17-19-11-6-3-7-12-19)15-21(32)31-14-8-13-20(31)22(33)37-16-18-9-4-2-5-10-18/h2-7,9-12,20H,8,13-17H2,1H3,(H,30,35)/t20-,25?/m0/s1. The number of hydrogen-bond donors (Lipinski definition) is 1. The number of alkyl carbamates (subject to hydrolysis) is 1. The van der Waals surface area contributed by atoms with E-state index in [0.717, 1.165) is 4.90 Å². The van der Waals surface area contributed by atoms with Crippen LogP contribution < -0.4 is 5.32 Å². The summed E-state index contributed by atoms with van der Waals surface area (Å²) in [6.07, 6.45) is -8.05. The Labute approximate surface area is 216 Å². The molecule has 0 aromatic heterocycles. The van der Waals surface area contributed by atoms with Crippen molar-refractivity contribution in [1.82, 2.24) is 10.2 Å². The smallest absolute Gasteiger partial charge is 0.423 e. The maximum absolute atomic E-state index is 14.3. The number of esters is 2. The Hall–Kier alpha value is -4.09. The zero-order valence-electron chi connectivity index (χ0n) is 20.5. The molecule has 1 heterocycles. The van der Waals surface area contributed by atoms with E-state index >= 15 is 0 Å². The number of hydrogen-bond acceptors (Lipinski definition) is 7. The molecule has 2 amide bonds. The molecule has 0 radical (unpaired) electrons. The highest BCUT2D eigenvalue weighted by atomic mass is 19.4. The van der Waals surface area contributed by atoms with Crippen molar-refractivity contribution in [3.8, 4) is 0 Å². The molecule has 2 aromatic rings. The Morgan fingerprint density at radius 1 is 0.921 bits per heavy atom. The molecule has 1 fully saturated rings. The van der Waals surface area contributed by atoms with Crippen LogP contribution in [0.3, 0.4) is 0 Å². The summed E-state index contributed by atoms with van der Waals surface area (Å²) in [6, 6.07) is 15.7. The second-order valence-electron chi connectivity index (χ2n) is 8.60. The Bertz CT molecular complexity index is 1130. The second-order valence-corrected chi connectivity index (χ2v) is 8.60. The molecule has 1 N–H and O–H groups in total. The molecule has 2 aromatic carbocycles. The van der Waals surface area contributed by atoms with Crippen LogP contribution in [0, 0.1) is 0 Å². The van der Waals surface area contributed by atoms with Gasteiger partial charge in [0, 0.05) is 6.54 Å². The Morgan fingerprint density at radius 3 is 2.00 bits per heavy atom. The lowest BCUT2D eigenvalue weighted by Gasteiger charge is -2.34. The number of halogens is 3. The van der Waals surface area contributed by atoms with Crippen LogP contribution in [-0.4, -0.2) is 60.3 Å². The molecule has 1 saturated heterocycles. The van der Waals surface area contributed by atoms with Crippen molar-refractivity contribution in [2.24, 2.45) is 0 Å². The van der Waals surface area contributed by atoms with E-state index in [4.69, 9.17) is 9.47 Å². The van der Waals surface area contributed by atoms with Crippen LogP contribution in [-0.2, 0) is 41.8 Å². The van der Waals surface area contributed by atoms with Gasteiger partial charge >= 0.3 is 24.2 Å². The van der Waals surface area contributed by atoms with Crippen LogP contribution in [0.4, 0.5) is 18.0 Å². The van der Waals surface area contributed by atoms with Crippen molar-refractivity contribution in [2.75, 3.05) is 13.7 Å². The predicted molar refractivity (Wildman–Crippen MR) is 126 cm³/mol. The molecule has 38 heavy (non-hydrogen) atoms. The first-order valence-electron chi connectivity index (χ1n) is 11.7. The Morgan fingerprint density at radius 2 is 1.47 bits per heavy atom. The van der Waals surface area contributed by atoms with Crippen molar-refractivity contribution in [1.29, 1.82) is 0 Å². The van der Waals surface area contributed by atoms with Gasteiger partial charge in [-0.15, -0.1) is 0 Å². The molecule has 204 valence electrons. The monoisotopic (exact) mass is 536 g/mol. The first kappa shape index (κ1) is 28.5. The SMILES string of the molecule is COC(=O)C(CC(=O)N1CCC[C@H]1C(=O)OCc1ccccc1)(NC(=O)OCc1ccccc1)C(F)(F)F. The van der Waals surface area contributed by atoms with Crippen molar-refractivity contribution in [2.45, 2.75) is 50.2 Å². The minimum absolute atomic E-state index is 0.0303. The summed E-state index contributed by atoms with van der Waals surface area (Å²) in [4.78, 5) is 51.5. The van der Waals surface area contributed by atoms with Gasteiger partial charge in [0.15, 0.2) is 0 Å². The highest BCUT2D eigenvalue weighted by Crippen LogP contribution is 2.36. The molecule has 1 unspecified atom stereocenters. The average molecular weight is 537 g/mol. The first-order chi connectivity index (χ1) is 18.1. The summed E-state index contributed by atoms with van der Waals surface area (Å²) in [5.41, 5.74) is -2.56. The largest absolute Gasteiger partial charge is 0.467 e. The highest BCUT2D eigenvalue weighted by Gasteiger charge is 2.64. The fraction of sp³-hybridized carbons (Fsp3) is 0.385. The highest BCUT2D eigenvalue weighted by molar-refractivity contribution is 5.94. The molecule has 0 bridgehead atoms. The summed E-state index contributed by atoms with van der Waals surface area (Å²) < 4.78 is 57.4. The average Bonchev–Trinajstić information content (AvgIpc) is 3.40. The van der Waals surface area contributed by atoms with Crippen LogP contribution in [0.25, 0.3) is 0 Å². The van der Waals surface area contributed by atoms with Gasteiger partial charge in [-0.2, -0.15) is 13.2 Å². The van der Waals surface area contributed by atoms with Gasteiger partial charge in [0.1, 0.15) is 19.3 Å². The van der Waals surface area contributed by atoms with Crippen molar-refractivity contribution in [3.05, 3.63) is 71.8 Å². The molecule has 0 aliphatic carbocycles. The summed E-state index contributed by atoms with van der Waals surface area (Å²) in [7, 11) is 0.698. The van der Waals surface area contributed by atoms with E-state index in [-0.39, 0.29) is 26.2 Å². The molecular weight excluding hydrogens is 509 g/mol. The zero-order valence-corrected chi connectivity index (χ0v) is 20.5. The van der Waals surface area contributed by atoms with Gasteiger partial charge in [0.25, 0.3) is 0 Å². The molecule has 9 nitrogen and oxygen atoms in total. The number of alkyl halides is 3. The number of amides is 2. The number of ether oxygens (including phenoxy) is 3. The molecule has 1 aliphatic heterocycles. The van der Waals surface area contributed by atoms with Crippen molar-refractivity contribution in [3.63, 3.8) is 0 Å². The minimum atomic E-state index is -5.44. The molecule has 3 rings (SSSR count). The van der Waals surface area contributed by atoms with E-state index in [1.807, 2.05) is 0 Å². The van der Waals surface area contributed by atoms with E-state index in [0.29, 0.717) is 24.7 Å². The topological polar surface area (TPSA) is 111 Å². The van der Waals surface area contributed by atoms with Crippen LogP contribution >= 0.6 is 0 Å². The molecule has 0 spiro atoms. The van der Waals surface area contributed by atoms with E-state index in [1.54, 1.807) is 60.7 Å². The molecule has 0 saturated carbocycles. The lowest BCUT2D eigenvalue weighted by molar-refractivity contribution is -0.213. The Balaban J connectivity index is 1.75. The third-order valence-corrected chi connectivity index (χ3v) is 6.03. The van der Waals surface area contributed by atoms with E-state index in [1.165, 1.54) is 5.32 Å². The molecule has 2 atom stereocenters. The van der Waals surface area contributed by atoms with Gasteiger partial charge in [-0.05, 0) is 24.0 Å². The fourth-order valence-electron chi connectivity index (χ4n) is 4.03.